The van der Waals surface area contributed by atoms with Gasteiger partial charge in [0.25, 0.3) is 5.91 Å². The van der Waals surface area contributed by atoms with Crippen LogP contribution in [-0.2, 0) is 0 Å². The Morgan fingerprint density at radius 1 is 0.960 bits per heavy atom. The zero-order chi connectivity index (χ0) is 17.6. The lowest BCUT2D eigenvalue weighted by molar-refractivity contribution is 0.0692. The summed E-state index contributed by atoms with van der Waals surface area (Å²) in [5, 5.41) is 14.0. The van der Waals surface area contributed by atoms with Crippen molar-refractivity contribution in [1.29, 1.82) is 0 Å². The molecule has 1 heterocycles. The monoisotopic (exact) mass is 350 g/mol. The van der Waals surface area contributed by atoms with Crippen molar-refractivity contribution >= 4 is 40.5 Å². The number of aromatic carboxylic acids is 1. The van der Waals surface area contributed by atoms with Crippen LogP contribution in [0.15, 0.2) is 60.0 Å². The van der Waals surface area contributed by atoms with Gasteiger partial charge in [0.2, 0.25) is 0 Å². The summed E-state index contributed by atoms with van der Waals surface area (Å²) in [6, 6.07) is 15.9. The summed E-state index contributed by atoms with van der Waals surface area (Å²) in [6.07, 6.45) is 3.78. The number of anilines is 1. The molecule has 1 amide bonds. The first-order chi connectivity index (χ1) is 12.1. The van der Waals surface area contributed by atoms with E-state index in [9.17, 15) is 9.59 Å². The van der Waals surface area contributed by atoms with Crippen LogP contribution in [0.1, 0.15) is 32.0 Å². The average Bonchev–Trinajstić information content (AvgIpc) is 3.08. The highest BCUT2D eigenvalue weighted by Gasteiger charge is 2.16. The molecule has 0 saturated carbocycles. The van der Waals surface area contributed by atoms with E-state index < -0.39 is 11.9 Å². The van der Waals surface area contributed by atoms with Gasteiger partial charge in [-0.25, -0.2) is 9.78 Å². The molecule has 124 valence electrons. The first-order valence-corrected chi connectivity index (χ1v) is 8.34. The predicted molar refractivity (Wildman–Crippen MR) is 98.8 cm³/mol. The van der Waals surface area contributed by atoms with Crippen molar-refractivity contribution in [2.45, 2.75) is 0 Å². The topological polar surface area (TPSA) is 79.3 Å². The van der Waals surface area contributed by atoms with Crippen molar-refractivity contribution in [3.05, 3.63) is 82.4 Å². The summed E-state index contributed by atoms with van der Waals surface area (Å²) >= 11 is 1.28. The second-order valence-corrected chi connectivity index (χ2v) is 5.98. The van der Waals surface area contributed by atoms with Crippen LogP contribution < -0.4 is 5.32 Å². The number of carboxylic acid groups (broad SMARTS) is 1. The van der Waals surface area contributed by atoms with E-state index >= 15 is 0 Å². The molecule has 0 spiro atoms. The third-order valence-corrected chi connectivity index (χ3v) is 4.17. The Morgan fingerprint density at radius 2 is 1.64 bits per heavy atom. The normalized spacial score (nSPS) is 10.7. The lowest BCUT2D eigenvalue weighted by Crippen LogP contribution is -2.16. The second kappa shape index (κ2) is 7.55. The number of carbonyl (C=O) groups is 2. The number of amides is 1. The van der Waals surface area contributed by atoms with Crippen molar-refractivity contribution in [3.8, 4) is 0 Å². The van der Waals surface area contributed by atoms with Gasteiger partial charge in [-0.1, -0.05) is 48.5 Å². The lowest BCUT2D eigenvalue weighted by atomic mass is 10.1. The molecule has 0 saturated heterocycles. The number of carboxylic acids is 1. The van der Waals surface area contributed by atoms with Crippen LogP contribution >= 0.6 is 11.3 Å². The maximum Gasteiger partial charge on any atom is 0.336 e. The fraction of sp³-hybridized carbons (Fsp3) is 0. The largest absolute Gasteiger partial charge is 0.478 e. The fourth-order valence-electron chi connectivity index (χ4n) is 2.20. The Morgan fingerprint density at radius 3 is 2.36 bits per heavy atom. The number of aromatic nitrogens is 1. The van der Waals surface area contributed by atoms with Crippen LogP contribution in [0.25, 0.3) is 12.2 Å². The molecule has 0 unspecified atom stereocenters. The third-order valence-electron chi connectivity index (χ3n) is 3.39. The Labute approximate surface area is 148 Å². The van der Waals surface area contributed by atoms with Gasteiger partial charge in [-0.05, 0) is 23.8 Å². The molecular weight excluding hydrogens is 336 g/mol. The van der Waals surface area contributed by atoms with E-state index in [1.165, 1.54) is 23.5 Å². The maximum absolute atomic E-state index is 12.3. The van der Waals surface area contributed by atoms with Crippen molar-refractivity contribution in [2.75, 3.05) is 5.32 Å². The molecule has 6 heteroatoms. The van der Waals surface area contributed by atoms with Gasteiger partial charge in [-0.3, -0.25) is 10.1 Å². The van der Waals surface area contributed by atoms with Gasteiger partial charge in [-0.2, -0.15) is 0 Å². The number of nitrogens with zero attached hydrogens (tertiary/aromatic N) is 1. The SMILES string of the molecule is O=C(O)c1ccccc1C(=O)Nc1nc(/C=C/c2ccccc2)cs1. The maximum atomic E-state index is 12.3. The molecule has 0 atom stereocenters. The zero-order valence-electron chi connectivity index (χ0n) is 13.0. The Balaban J connectivity index is 1.72. The molecule has 1 aromatic heterocycles. The number of carbonyl (C=O) groups excluding carboxylic acids is 1. The minimum absolute atomic E-state index is 0.0410. The highest BCUT2D eigenvalue weighted by Crippen LogP contribution is 2.19. The van der Waals surface area contributed by atoms with E-state index in [4.69, 9.17) is 5.11 Å². The molecule has 2 aromatic carbocycles. The molecule has 25 heavy (non-hydrogen) atoms. The molecule has 0 radical (unpaired) electrons. The average molecular weight is 350 g/mol. The van der Waals surface area contributed by atoms with Crippen molar-refractivity contribution < 1.29 is 14.7 Å². The standard InChI is InChI=1S/C19H14N2O3S/c22-17(15-8-4-5-9-16(15)18(23)24)21-19-20-14(12-25-19)11-10-13-6-2-1-3-7-13/h1-12H,(H,23,24)(H,20,21,22)/b11-10+. The van der Waals surface area contributed by atoms with E-state index in [0.717, 1.165) is 11.3 Å². The molecule has 0 fully saturated rings. The predicted octanol–water partition coefficient (Wildman–Crippen LogP) is 4.26. The Kier molecular flexibility index (Phi) is 5.01. The summed E-state index contributed by atoms with van der Waals surface area (Å²) in [7, 11) is 0. The van der Waals surface area contributed by atoms with E-state index in [1.807, 2.05) is 47.9 Å². The smallest absolute Gasteiger partial charge is 0.336 e. The van der Waals surface area contributed by atoms with Crippen LogP contribution in [-0.4, -0.2) is 22.0 Å². The third kappa shape index (κ3) is 4.19. The van der Waals surface area contributed by atoms with Gasteiger partial charge < -0.3 is 5.11 Å². The Hall–Kier alpha value is -3.25. The summed E-state index contributed by atoms with van der Waals surface area (Å²) in [6.45, 7) is 0. The Bertz CT molecular complexity index is 933. The number of hydrogen-bond acceptors (Lipinski definition) is 4. The van der Waals surface area contributed by atoms with E-state index in [-0.39, 0.29) is 11.1 Å². The molecule has 0 aliphatic carbocycles. The van der Waals surface area contributed by atoms with Crippen molar-refractivity contribution in [2.24, 2.45) is 0 Å². The molecule has 3 rings (SSSR count). The van der Waals surface area contributed by atoms with Crippen LogP contribution in [0.4, 0.5) is 5.13 Å². The minimum atomic E-state index is -1.14. The highest BCUT2D eigenvalue weighted by molar-refractivity contribution is 7.14. The molecule has 0 aliphatic rings. The molecule has 5 nitrogen and oxygen atoms in total. The minimum Gasteiger partial charge on any atom is -0.478 e. The molecular formula is C19H14N2O3S. The molecule has 3 aromatic rings. The zero-order valence-corrected chi connectivity index (χ0v) is 13.9. The lowest BCUT2D eigenvalue weighted by Gasteiger charge is -2.04. The molecule has 2 N–H and O–H groups in total. The summed E-state index contributed by atoms with van der Waals surface area (Å²) in [5.74, 6) is -1.64. The van der Waals surface area contributed by atoms with Crippen LogP contribution in [0.2, 0.25) is 0 Å². The number of thiazole rings is 1. The van der Waals surface area contributed by atoms with E-state index in [2.05, 4.69) is 10.3 Å². The van der Waals surface area contributed by atoms with E-state index in [1.54, 1.807) is 12.1 Å². The first kappa shape index (κ1) is 16.6. The van der Waals surface area contributed by atoms with Gasteiger partial charge >= 0.3 is 5.97 Å². The van der Waals surface area contributed by atoms with Crippen molar-refractivity contribution in [3.63, 3.8) is 0 Å². The van der Waals surface area contributed by atoms with Gasteiger partial charge in [-0.15, -0.1) is 11.3 Å². The number of nitrogens with one attached hydrogen (secondary N) is 1. The first-order valence-electron chi connectivity index (χ1n) is 7.46. The van der Waals surface area contributed by atoms with Gasteiger partial charge in [0, 0.05) is 5.38 Å². The van der Waals surface area contributed by atoms with Gasteiger partial charge in [0.15, 0.2) is 5.13 Å². The molecule has 0 aliphatic heterocycles. The molecule has 0 bridgehead atoms. The van der Waals surface area contributed by atoms with Crippen LogP contribution in [0.5, 0.6) is 0 Å². The fourth-order valence-corrected chi connectivity index (χ4v) is 2.87. The van der Waals surface area contributed by atoms with Crippen LogP contribution in [0.3, 0.4) is 0 Å². The number of benzene rings is 2. The highest BCUT2D eigenvalue weighted by atomic mass is 32.1. The van der Waals surface area contributed by atoms with Crippen molar-refractivity contribution in [1.82, 2.24) is 4.98 Å². The second-order valence-electron chi connectivity index (χ2n) is 5.13. The van der Waals surface area contributed by atoms with Crippen LogP contribution in [0, 0.1) is 0 Å². The summed E-state index contributed by atoms with van der Waals surface area (Å²) < 4.78 is 0. The number of hydrogen-bond donors (Lipinski definition) is 2. The summed E-state index contributed by atoms with van der Waals surface area (Å²) in [4.78, 5) is 27.8. The van der Waals surface area contributed by atoms with Gasteiger partial charge in [0.05, 0.1) is 16.8 Å². The quantitative estimate of drug-likeness (QED) is 0.720. The number of rotatable bonds is 5. The van der Waals surface area contributed by atoms with E-state index in [0.29, 0.717) is 5.13 Å². The van der Waals surface area contributed by atoms with Gasteiger partial charge in [0.1, 0.15) is 0 Å². The summed E-state index contributed by atoms with van der Waals surface area (Å²) in [5.41, 5.74) is 1.83.